The molecule has 2 nitrogen and oxygen atoms in total. The summed E-state index contributed by atoms with van der Waals surface area (Å²) in [7, 11) is 0. The summed E-state index contributed by atoms with van der Waals surface area (Å²) in [4.78, 5) is 0. The van der Waals surface area contributed by atoms with E-state index < -0.39 is 0 Å². The van der Waals surface area contributed by atoms with Gasteiger partial charge in [-0.25, -0.2) is 4.39 Å². The van der Waals surface area contributed by atoms with Crippen LogP contribution >= 0.6 is 11.6 Å². The van der Waals surface area contributed by atoms with Crippen molar-refractivity contribution >= 4 is 11.6 Å². The van der Waals surface area contributed by atoms with Crippen LogP contribution in [0.25, 0.3) is 0 Å². The van der Waals surface area contributed by atoms with E-state index in [9.17, 15) is 4.39 Å². The molecule has 0 N–H and O–H groups in total. The lowest BCUT2D eigenvalue weighted by molar-refractivity contribution is 0.105. The molecule has 0 aliphatic heterocycles. The zero-order valence-electron chi connectivity index (χ0n) is 10.1. The summed E-state index contributed by atoms with van der Waals surface area (Å²) in [5.41, 5.74) is 1.78. The molecule has 0 aliphatic rings. The second-order valence-corrected chi connectivity index (χ2v) is 4.41. The third-order valence-corrected chi connectivity index (χ3v) is 3.01. The lowest BCUT2D eigenvalue weighted by atomic mass is 10.1. The average molecular weight is 276 g/mol. The molecule has 0 spiro atoms. The second kappa shape index (κ2) is 6.33. The highest BCUT2D eigenvalue weighted by atomic mass is 35.5. The van der Waals surface area contributed by atoms with Gasteiger partial charge in [-0.05, 0) is 23.8 Å². The summed E-state index contributed by atoms with van der Waals surface area (Å²) in [5.74, 6) is -0.284. The van der Waals surface area contributed by atoms with E-state index in [2.05, 4.69) is 0 Å². The molecule has 0 fully saturated rings. The fraction of sp³-hybridized carbons (Fsp3) is 0.133. The third-order valence-electron chi connectivity index (χ3n) is 2.66. The molecular formula is C15H11ClFNO. The van der Waals surface area contributed by atoms with Crippen LogP contribution in [0.5, 0.6) is 0 Å². The van der Waals surface area contributed by atoms with Crippen molar-refractivity contribution in [1.82, 2.24) is 0 Å². The molecule has 0 aliphatic carbocycles. The van der Waals surface area contributed by atoms with Gasteiger partial charge in [0.25, 0.3) is 0 Å². The Bertz CT molecular complexity index is 622. The minimum atomic E-state index is -0.284. The van der Waals surface area contributed by atoms with Crippen molar-refractivity contribution in [2.75, 3.05) is 0 Å². The standard InChI is InChI=1S/C15H11ClFNO/c16-14-7-11(8-18)5-6-12(14)9-19-10-13-3-1-2-4-15(13)17/h1-7H,9-10H2. The minimum absolute atomic E-state index is 0.184. The highest BCUT2D eigenvalue weighted by Crippen LogP contribution is 2.19. The van der Waals surface area contributed by atoms with Crippen LogP contribution in [0, 0.1) is 17.1 Å². The van der Waals surface area contributed by atoms with Gasteiger partial charge in [0.1, 0.15) is 5.82 Å². The molecule has 0 amide bonds. The van der Waals surface area contributed by atoms with Crippen molar-refractivity contribution in [1.29, 1.82) is 5.26 Å². The zero-order chi connectivity index (χ0) is 13.7. The molecule has 96 valence electrons. The molecule has 0 radical (unpaired) electrons. The number of benzene rings is 2. The zero-order valence-corrected chi connectivity index (χ0v) is 10.8. The Labute approximate surface area is 116 Å². The number of hydrogen-bond acceptors (Lipinski definition) is 2. The Morgan fingerprint density at radius 2 is 1.84 bits per heavy atom. The lowest BCUT2D eigenvalue weighted by Gasteiger charge is -2.07. The van der Waals surface area contributed by atoms with Gasteiger partial charge in [0.2, 0.25) is 0 Å². The summed E-state index contributed by atoms with van der Waals surface area (Å²) in [6.45, 7) is 0.460. The molecule has 2 aromatic carbocycles. The molecule has 0 heterocycles. The largest absolute Gasteiger partial charge is 0.372 e. The number of halogens is 2. The van der Waals surface area contributed by atoms with Gasteiger partial charge in [0, 0.05) is 10.6 Å². The smallest absolute Gasteiger partial charge is 0.128 e. The van der Waals surface area contributed by atoms with E-state index in [1.807, 2.05) is 6.07 Å². The molecule has 19 heavy (non-hydrogen) atoms. The number of hydrogen-bond donors (Lipinski definition) is 0. The monoisotopic (exact) mass is 275 g/mol. The van der Waals surface area contributed by atoms with E-state index in [0.717, 1.165) is 5.56 Å². The molecule has 0 atom stereocenters. The van der Waals surface area contributed by atoms with Crippen LogP contribution in [0.3, 0.4) is 0 Å². The Balaban J connectivity index is 1.97. The first-order valence-electron chi connectivity index (χ1n) is 5.70. The van der Waals surface area contributed by atoms with Crippen LogP contribution in [0.2, 0.25) is 5.02 Å². The molecule has 0 unspecified atom stereocenters. The van der Waals surface area contributed by atoms with E-state index in [0.29, 0.717) is 16.1 Å². The van der Waals surface area contributed by atoms with Gasteiger partial charge in [-0.15, -0.1) is 0 Å². The molecular weight excluding hydrogens is 265 g/mol. The van der Waals surface area contributed by atoms with Gasteiger partial charge in [-0.3, -0.25) is 0 Å². The van der Waals surface area contributed by atoms with Gasteiger partial charge in [-0.1, -0.05) is 35.9 Å². The molecule has 0 saturated heterocycles. The van der Waals surface area contributed by atoms with Crippen molar-refractivity contribution in [3.8, 4) is 6.07 Å². The number of nitrogens with zero attached hydrogens (tertiary/aromatic N) is 1. The maximum Gasteiger partial charge on any atom is 0.128 e. The van der Waals surface area contributed by atoms with Gasteiger partial charge in [0.15, 0.2) is 0 Å². The van der Waals surface area contributed by atoms with E-state index >= 15 is 0 Å². The van der Waals surface area contributed by atoms with Crippen LogP contribution < -0.4 is 0 Å². The first-order chi connectivity index (χ1) is 9.20. The molecule has 2 aromatic rings. The van der Waals surface area contributed by atoms with Crippen LogP contribution in [0.1, 0.15) is 16.7 Å². The van der Waals surface area contributed by atoms with Gasteiger partial charge in [-0.2, -0.15) is 5.26 Å². The van der Waals surface area contributed by atoms with Crippen molar-refractivity contribution in [2.24, 2.45) is 0 Å². The van der Waals surface area contributed by atoms with Crippen molar-refractivity contribution in [3.05, 3.63) is 70.0 Å². The van der Waals surface area contributed by atoms with Gasteiger partial charge in [0.05, 0.1) is 24.8 Å². The van der Waals surface area contributed by atoms with Crippen LogP contribution in [0.15, 0.2) is 42.5 Å². The fourth-order valence-electron chi connectivity index (χ4n) is 1.62. The summed E-state index contributed by atoms with van der Waals surface area (Å²) in [6, 6.07) is 13.5. The quantitative estimate of drug-likeness (QED) is 0.843. The van der Waals surface area contributed by atoms with E-state index in [4.69, 9.17) is 21.6 Å². The minimum Gasteiger partial charge on any atom is -0.372 e. The number of rotatable bonds is 4. The number of ether oxygens (including phenoxy) is 1. The maximum absolute atomic E-state index is 13.4. The topological polar surface area (TPSA) is 33.0 Å². The normalized spacial score (nSPS) is 10.2. The van der Waals surface area contributed by atoms with Gasteiger partial charge < -0.3 is 4.74 Å². The molecule has 0 bridgehead atoms. The van der Waals surface area contributed by atoms with Crippen LogP contribution in [0.4, 0.5) is 4.39 Å². The molecule has 4 heteroatoms. The van der Waals surface area contributed by atoms with Crippen molar-refractivity contribution in [3.63, 3.8) is 0 Å². The maximum atomic E-state index is 13.4. The van der Waals surface area contributed by atoms with Crippen molar-refractivity contribution < 1.29 is 9.13 Å². The second-order valence-electron chi connectivity index (χ2n) is 4.00. The van der Waals surface area contributed by atoms with E-state index in [1.165, 1.54) is 6.07 Å². The first-order valence-corrected chi connectivity index (χ1v) is 6.08. The van der Waals surface area contributed by atoms with E-state index in [-0.39, 0.29) is 19.0 Å². The van der Waals surface area contributed by atoms with Crippen LogP contribution in [-0.4, -0.2) is 0 Å². The Hall–Kier alpha value is -1.89. The Morgan fingerprint density at radius 3 is 2.53 bits per heavy atom. The highest BCUT2D eigenvalue weighted by Gasteiger charge is 2.04. The molecule has 0 aromatic heterocycles. The van der Waals surface area contributed by atoms with Crippen molar-refractivity contribution in [2.45, 2.75) is 13.2 Å². The summed E-state index contributed by atoms with van der Waals surface area (Å²) in [6.07, 6.45) is 0. The van der Waals surface area contributed by atoms with E-state index in [1.54, 1.807) is 36.4 Å². The predicted octanol–water partition coefficient (Wildman–Crippen LogP) is 4.07. The Morgan fingerprint density at radius 1 is 1.11 bits per heavy atom. The SMILES string of the molecule is N#Cc1ccc(COCc2ccccc2F)c(Cl)c1. The van der Waals surface area contributed by atoms with Crippen LogP contribution in [-0.2, 0) is 18.0 Å². The fourth-order valence-corrected chi connectivity index (χ4v) is 1.86. The lowest BCUT2D eigenvalue weighted by Crippen LogP contribution is -1.97. The summed E-state index contributed by atoms with van der Waals surface area (Å²) >= 11 is 6.02. The summed E-state index contributed by atoms with van der Waals surface area (Å²) < 4.78 is 18.8. The molecule has 0 saturated carbocycles. The predicted molar refractivity (Wildman–Crippen MR) is 71.1 cm³/mol. The Kier molecular flexibility index (Phi) is 4.51. The number of nitriles is 1. The molecule has 2 rings (SSSR count). The highest BCUT2D eigenvalue weighted by molar-refractivity contribution is 6.31. The average Bonchev–Trinajstić information content (AvgIpc) is 2.42. The third kappa shape index (κ3) is 3.54. The summed E-state index contributed by atoms with van der Waals surface area (Å²) in [5, 5.41) is 9.21. The first kappa shape index (κ1) is 13.5. The van der Waals surface area contributed by atoms with Gasteiger partial charge >= 0.3 is 0 Å².